The van der Waals surface area contributed by atoms with Crippen LogP contribution in [0.3, 0.4) is 0 Å². The molecule has 1 fully saturated rings. The number of amides is 1. The van der Waals surface area contributed by atoms with E-state index in [9.17, 15) is 4.79 Å². The molecule has 15 heavy (non-hydrogen) atoms. The molecule has 0 aromatic heterocycles. The number of carbonyl (C=O) groups is 1. The van der Waals surface area contributed by atoms with Crippen LogP contribution in [0.15, 0.2) is 30.3 Å². The van der Waals surface area contributed by atoms with Crippen LogP contribution in [0.4, 0.5) is 5.69 Å². The number of benzene rings is 1. The fourth-order valence-corrected chi connectivity index (χ4v) is 1.85. The van der Waals surface area contributed by atoms with Crippen molar-refractivity contribution in [3.8, 4) is 0 Å². The molecule has 0 atom stereocenters. The Labute approximate surface area is 90.3 Å². The minimum atomic E-state index is -0.0669. The van der Waals surface area contributed by atoms with E-state index in [1.165, 1.54) is 5.69 Å². The van der Waals surface area contributed by atoms with E-state index in [1.54, 1.807) is 4.90 Å². The molecule has 0 saturated carbocycles. The number of para-hydroxylation sites is 1. The molecule has 1 heterocycles. The van der Waals surface area contributed by atoms with Crippen molar-refractivity contribution in [2.24, 2.45) is 0 Å². The lowest BCUT2D eigenvalue weighted by Crippen LogP contribution is -2.48. The third-order valence-electron chi connectivity index (χ3n) is 2.75. The van der Waals surface area contributed by atoms with Crippen molar-refractivity contribution in [2.45, 2.75) is 0 Å². The second-order valence-electron chi connectivity index (χ2n) is 3.70. The zero-order valence-corrected chi connectivity index (χ0v) is 8.72. The largest absolute Gasteiger partial charge is 0.368 e. The van der Waals surface area contributed by atoms with Crippen LogP contribution in [-0.4, -0.2) is 37.0 Å². The minimum Gasteiger partial charge on any atom is -0.368 e. The van der Waals surface area contributed by atoms with Crippen molar-refractivity contribution < 1.29 is 4.79 Å². The van der Waals surface area contributed by atoms with Crippen LogP contribution in [0.25, 0.3) is 0 Å². The fraction of sp³-hybridized carbons (Fsp3) is 0.333. The van der Waals surface area contributed by atoms with Crippen LogP contribution < -0.4 is 4.90 Å². The first-order chi connectivity index (χ1) is 7.27. The molecule has 1 aliphatic heterocycles. The fourth-order valence-electron chi connectivity index (χ4n) is 1.85. The number of rotatable bonds is 1. The molecule has 79 valence electrons. The highest BCUT2D eigenvalue weighted by Gasteiger charge is 2.18. The van der Waals surface area contributed by atoms with Gasteiger partial charge in [0.2, 0.25) is 5.91 Å². The Bertz CT molecular complexity index is 329. The average Bonchev–Trinajstić information content (AvgIpc) is 2.30. The number of carbonyl (C=O) groups excluding carboxylic acids is 1. The quantitative estimate of drug-likeness (QED) is 0.684. The van der Waals surface area contributed by atoms with Gasteiger partial charge in [-0.25, -0.2) is 0 Å². The molecule has 1 aliphatic rings. The monoisotopic (exact) mass is 203 g/mol. The van der Waals surface area contributed by atoms with Crippen LogP contribution >= 0.6 is 0 Å². The lowest BCUT2D eigenvalue weighted by Gasteiger charge is -2.35. The van der Waals surface area contributed by atoms with Crippen LogP contribution in [-0.2, 0) is 4.79 Å². The second kappa shape index (κ2) is 4.34. The van der Waals surface area contributed by atoms with E-state index in [2.05, 4.69) is 24.0 Å². The number of nitrogens with zero attached hydrogens (tertiary/aromatic N) is 2. The molecule has 0 spiro atoms. The molecular formula is C12H15N2O. The number of hydrogen-bond donors (Lipinski definition) is 0. The van der Waals surface area contributed by atoms with Gasteiger partial charge in [-0.2, -0.15) is 0 Å². The van der Waals surface area contributed by atoms with Crippen molar-refractivity contribution in [2.75, 3.05) is 31.1 Å². The molecule has 1 radical (unpaired) electrons. The Morgan fingerprint density at radius 3 is 2.20 bits per heavy atom. The Morgan fingerprint density at radius 1 is 1.07 bits per heavy atom. The van der Waals surface area contributed by atoms with Gasteiger partial charge in [0.05, 0.1) is 0 Å². The predicted molar refractivity (Wildman–Crippen MR) is 60.6 cm³/mol. The minimum absolute atomic E-state index is 0.0669. The first kappa shape index (κ1) is 10.0. The molecule has 3 nitrogen and oxygen atoms in total. The van der Waals surface area contributed by atoms with Gasteiger partial charge in [0.1, 0.15) is 0 Å². The summed E-state index contributed by atoms with van der Waals surface area (Å²) in [7, 11) is 0. The summed E-state index contributed by atoms with van der Waals surface area (Å²) in [5.74, 6) is -0.0669. The SMILES string of the molecule is [CH2]C(=O)N1CCN(c2ccccc2)CC1. The van der Waals surface area contributed by atoms with E-state index in [1.807, 2.05) is 18.2 Å². The molecule has 1 aromatic carbocycles. The van der Waals surface area contributed by atoms with E-state index in [0.717, 1.165) is 26.2 Å². The van der Waals surface area contributed by atoms with Gasteiger partial charge in [-0.1, -0.05) is 18.2 Å². The Morgan fingerprint density at radius 2 is 1.67 bits per heavy atom. The molecule has 1 amide bonds. The van der Waals surface area contributed by atoms with Crippen molar-refractivity contribution in [3.05, 3.63) is 37.3 Å². The molecule has 0 N–H and O–H groups in total. The van der Waals surface area contributed by atoms with Crippen molar-refractivity contribution in [1.29, 1.82) is 0 Å². The topological polar surface area (TPSA) is 23.6 Å². The molecule has 1 aromatic rings. The lowest BCUT2D eigenvalue weighted by molar-refractivity contribution is -0.126. The summed E-state index contributed by atoms with van der Waals surface area (Å²) in [4.78, 5) is 15.1. The van der Waals surface area contributed by atoms with Gasteiger partial charge < -0.3 is 9.80 Å². The van der Waals surface area contributed by atoms with E-state index in [0.29, 0.717) is 0 Å². The van der Waals surface area contributed by atoms with Crippen molar-refractivity contribution in [1.82, 2.24) is 4.90 Å². The van der Waals surface area contributed by atoms with Gasteiger partial charge in [-0.15, -0.1) is 0 Å². The summed E-state index contributed by atoms with van der Waals surface area (Å²) >= 11 is 0. The van der Waals surface area contributed by atoms with Gasteiger partial charge in [-0.3, -0.25) is 4.79 Å². The Balaban J connectivity index is 1.97. The number of piperazine rings is 1. The summed E-state index contributed by atoms with van der Waals surface area (Å²) in [6.45, 7) is 6.77. The normalized spacial score (nSPS) is 16.6. The molecule has 2 rings (SSSR count). The Hall–Kier alpha value is -1.51. The summed E-state index contributed by atoms with van der Waals surface area (Å²) < 4.78 is 0. The second-order valence-corrected chi connectivity index (χ2v) is 3.70. The molecular weight excluding hydrogens is 188 g/mol. The number of anilines is 1. The van der Waals surface area contributed by atoms with E-state index >= 15 is 0 Å². The summed E-state index contributed by atoms with van der Waals surface area (Å²) in [5, 5.41) is 0. The molecule has 0 unspecified atom stereocenters. The average molecular weight is 203 g/mol. The van der Waals surface area contributed by atoms with Gasteiger partial charge in [0, 0.05) is 38.8 Å². The summed E-state index contributed by atoms with van der Waals surface area (Å²) in [6, 6.07) is 10.3. The lowest BCUT2D eigenvalue weighted by atomic mass is 10.2. The van der Waals surface area contributed by atoms with Crippen LogP contribution in [0.1, 0.15) is 0 Å². The Kier molecular flexibility index (Phi) is 2.90. The molecule has 0 bridgehead atoms. The van der Waals surface area contributed by atoms with Crippen molar-refractivity contribution >= 4 is 11.6 Å². The van der Waals surface area contributed by atoms with Gasteiger partial charge in [0.15, 0.2) is 0 Å². The van der Waals surface area contributed by atoms with Gasteiger partial charge in [-0.05, 0) is 12.1 Å². The van der Waals surface area contributed by atoms with Crippen LogP contribution in [0, 0.1) is 6.92 Å². The predicted octanol–water partition coefficient (Wildman–Crippen LogP) is 1.17. The smallest absolute Gasteiger partial charge is 0.223 e. The molecule has 1 saturated heterocycles. The zero-order valence-electron chi connectivity index (χ0n) is 8.72. The highest BCUT2D eigenvalue weighted by Crippen LogP contribution is 2.15. The molecule has 0 aliphatic carbocycles. The summed E-state index contributed by atoms with van der Waals surface area (Å²) in [5.41, 5.74) is 1.23. The van der Waals surface area contributed by atoms with E-state index in [-0.39, 0.29) is 5.91 Å². The van der Waals surface area contributed by atoms with Crippen molar-refractivity contribution in [3.63, 3.8) is 0 Å². The first-order valence-electron chi connectivity index (χ1n) is 5.18. The third kappa shape index (κ3) is 2.29. The van der Waals surface area contributed by atoms with Gasteiger partial charge >= 0.3 is 0 Å². The van der Waals surface area contributed by atoms with E-state index in [4.69, 9.17) is 0 Å². The standard InChI is InChI=1S/C12H15N2O/c1-11(15)13-7-9-14(10-8-13)12-5-3-2-4-6-12/h2-6H,1,7-10H2. The van der Waals surface area contributed by atoms with Gasteiger partial charge in [0.25, 0.3) is 0 Å². The van der Waals surface area contributed by atoms with E-state index < -0.39 is 0 Å². The maximum absolute atomic E-state index is 11.0. The maximum Gasteiger partial charge on any atom is 0.223 e. The highest BCUT2D eigenvalue weighted by atomic mass is 16.2. The maximum atomic E-state index is 11.0. The van der Waals surface area contributed by atoms with Crippen LogP contribution in [0.2, 0.25) is 0 Å². The number of hydrogen-bond acceptors (Lipinski definition) is 2. The summed E-state index contributed by atoms with van der Waals surface area (Å²) in [6.07, 6.45) is 0. The van der Waals surface area contributed by atoms with Crippen LogP contribution in [0.5, 0.6) is 0 Å². The zero-order chi connectivity index (χ0) is 10.7. The highest BCUT2D eigenvalue weighted by molar-refractivity contribution is 5.80. The molecule has 3 heteroatoms. The first-order valence-corrected chi connectivity index (χ1v) is 5.18. The third-order valence-corrected chi connectivity index (χ3v) is 2.75.